The fourth-order valence-electron chi connectivity index (χ4n) is 5.10. The van der Waals surface area contributed by atoms with E-state index in [2.05, 4.69) is 34.9 Å². The zero-order valence-electron chi connectivity index (χ0n) is 23.1. The summed E-state index contributed by atoms with van der Waals surface area (Å²) >= 11 is 2.85. The number of carbonyl (C=O) groups is 3. The Balaban J connectivity index is 1.26. The third kappa shape index (κ3) is 6.89. The van der Waals surface area contributed by atoms with Gasteiger partial charge in [0, 0.05) is 21.0 Å². The van der Waals surface area contributed by atoms with Gasteiger partial charge in [0.15, 0.2) is 0 Å². The second-order valence-electron chi connectivity index (χ2n) is 9.91. The molecule has 1 aromatic heterocycles. The number of esters is 1. The zero-order valence-corrected chi connectivity index (χ0v) is 24.7. The molecule has 0 radical (unpaired) electrons. The zero-order chi connectivity index (χ0) is 28.8. The highest BCUT2D eigenvalue weighted by Crippen LogP contribution is 2.43. The van der Waals surface area contributed by atoms with Gasteiger partial charge in [-0.1, -0.05) is 54.6 Å². The molecule has 2 amide bonds. The molecule has 0 saturated carbocycles. The van der Waals surface area contributed by atoms with Gasteiger partial charge in [-0.15, -0.1) is 23.1 Å². The summed E-state index contributed by atoms with van der Waals surface area (Å²) < 4.78 is 5.38. The number of ether oxygens (including phenoxy) is 1. The molecule has 0 saturated heterocycles. The van der Waals surface area contributed by atoms with Crippen LogP contribution < -0.4 is 10.6 Å². The minimum Gasteiger partial charge on any atom is -0.462 e. The molecule has 8 heteroatoms. The first kappa shape index (κ1) is 28.6. The molecule has 0 spiro atoms. The lowest BCUT2D eigenvalue weighted by Gasteiger charge is -2.23. The first-order valence-electron chi connectivity index (χ1n) is 13.7. The number of rotatable bonds is 9. The van der Waals surface area contributed by atoms with Crippen LogP contribution in [0.15, 0.2) is 83.8 Å². The Kier molecular flexibility index (Phi) is 9.21. The maximum Gasteiger partial charge on any atom is 0.341 e. The van der Waals surface area contributed by atoms with Gasteiger partial charge in [-0.2, -0.15) is 0 Å². The first-order chi connectivity index (χ1) is 19.9. The maximum atomic E-state index is 13.1. The van der Waals surface area contributed by atoms with Crippen LogP contribution in [0.4, 0.5) is 10.7 Å². The Hall–Kier alpha value is -3.88. The summed E-state index contributed by atoms with van der Waals surface area (Å²) in [7, 11) is 0. The molecule has 4 aromatic rings. The molecule has 3 aromatic carbocycles. The highest BCUT2D eigenvalue weighted by atomic mass is 32.2. The SMILES string of the molecule is CCOC(=O)c1c(NC(=O)CSc2cccc(NC(=O)c3ccccc3C)c2)sc2c1CCC(c1ccccc1)C2. The van der Waals surface area contributed by atoms with Crippen molar-refractivity contribution in [3.63, 3.8) is 0 Å². The predicted molar refractivity (Wildman–Crippen MR) is 166 cm³/mol. The number of hydrogen-bond donors (Lipinski definition) is 2. The molecule has 1 aliphatic carbocycles. The minimum absolute atomic E-state index is 0.159. The molecular weight excluding hydrogens is 553 g/mol. The van der Waals surface area contributed by atoms with Crippen LogP contribution in [-0.4, -0.2) is 30.1 Å². The average Bonchev–Trinajstić information content (AvgIpc) is 3.34. The smallest absolute Gasteiger partial charge is 0.341 e. The number of amides is 2. The monoisotopic (exact) mass is 584 g/mol. The van der Waals surface area contributed by atoms with E-state index >= 15 is 0 Å². The molecule has 1 aliphatic rings. The quantitative estimate of drug-likeness (QED) is 0.157. The van der Waals surface area contributed by atoms with E-state index in [0.29, 0.717) is 27.7 Å². The van der Waals surface area contributed by atoms with Crippen molar-refractivity contribution in [3.8, 4) is 0 Å². The number of nitrogens with one attached hydrogen (secondary N) is 2. The van der Waals surface area contributed by atoms with Crippen LogP contribution >= 0.6 is 23.1 Å². The molecule has 0 bridgehead atoms. The summed E-state index contributed by atoms with van der Waals surface area (Å²) in [5, 5.41) is 6.50. The number of thioether (sulfide) groups is 1. The Morgan fingerprint density at radius 2 is 1.76 bits per heavy atom. The molecule has 5 rings (SSSR count). The van der Waals surface area contributed by atoms with Gasteiger partial charge in [-0.05, 0) is 80.0 Å². The largest absolute Gasteiger partial charge is 0.462 e. The standard InChI is InChI=1S/C33H32N2O4S2/c1-3-39-33(38)30-27-17-16-23(22-11-5-4-6-12-22)18-28(27)41-32(30)35-29(36)20-40-25-14-9-13-24(19-25)34-31(37)26-15-8-7-10-21(26)2/h4-15,19,23H,3,16-18,20H2,1-2H3,(H,34,37)(H,35,36). The number of anilines is 2. The van der Waals surface area contributed by atoms with Crippen molar-refractivity contribution in [1.82, 2.24) is 0 Å². The van der Waals surface area contributed by atoms with Gasteiger partial charge < -0.3 is 15.4 Å². The number of carbonyl (C=O) groups excluding carboxylic acids is 3. The molecule has 41 heavy (non-hydrogen) atoms. The number of fused-ring (bicyclic) bond motifs is 1. The van der Waals surface area contributed by atoms with Crippen molar-refractivity contribution in [2.45, 2.75) is 43.9 Å². The van der Waals surface area contributed by atoms with Crippen molar-refractivity contribution in [1.29, 1.82) is 0 Å². The van der Waals surface area contributed by atoms with Gasteiger partial charge in [0.05, 0.1) is 17.9 Å². The summed E-state index contributed by atoms with van der Waals surface area (Å²) in [5.41, 5.74) is 4.98. The Morgan fingerprint density at radius 3 is 2.54 bits per heavy atom. The Morgan fingerprint density at radius 1 is 0.976 bits per heavy atom. The number of thiophene rings is 1. The summed E-state index contributed by atoms with van der Waals surface area (Å²) in [6.45, 7) is 3.96. The van der Waals surface area contributed by atoms with Crippen molar-refractivity contribution >= 4 is 51.6 Å². The number of hydrogen-bond acceptors (Lipinski definition) is 6. The van der Waals surface area contributed by atoms with Crippen molar-refractivity contribution in [2.75, 3.05) is 23.0 Å². The van der Waals surface area contributed by atoms with Gasteiger partial charge in [0.2, 0.25) is 5.91 Å². The van der Waals surface area contributed by atoms with E-state index in [1.165, 1.54) is 28.7 Å². The minimum atomic E-state index is -0.386. The van der Waals surface area contributed by atoms with Crippen molar-refractivity contribution < 1.29 is 19.1 Å². The van der Waals surface area contributed by atoms with E-state index in [9.17, 15) is 14.4 Å². The molecule has 2 N–H and O–H groups in total. The lowest BCUT2D eigenvalue weighted by atomic mass is 9.83. The fraction of sp³-hybridized carbons (Fsp3) is 0.242. The van der Waals surface area contributed by atoms with Gasteiger partial charge >= 0.3 is 5.97 Å². The highest BCUT2D eigenvalue weighted by Gasteiger charge is 2.30. The van der Waals surface area contributed by atoms with Crippen LogP contribution in [0.5, 0.6) is 0 Å². The Labute approximate surface area is 248 Å². The molecular formula is C33H32N2O4S2. The topological polar surface area (TPSA) is 84.5 Å². The molecule has 0 fully saturated rings. The normalized spacial score (nSPS) is 14.1. The predicted octanol–water partition coefficient (Wildman–Crippen LogP) is 7.49. The lowest BCUT2D eigenvalue weighted by molar-refractivity contribution is -0.113. The van der Waals surface area contributed by atoms with Crippen molar-refractivity contribution in [3.05, 3.63) is 112 Å². The van der Waals surface area contributed by atoms with Crippen LogP contribution in [0.2, 0.25) is 0 Å². The number of aryl methyl sites for hydroxylation is 1. The molecule has 6 nitrogen and oxygen atoms in total. The van der Waals surface area contributed by atoms with Crippen LogP contribution in [0, 0.1) is 6.92 Å². The third-order valence-corrected chi connectivity index (χ3v) is 9.28. The molecule has 210 valence electrons. The van der Waals surface area contributed by atoms with Crippen LogP contribution in [0.25, 0.3) is 0 Å². The van der Waals surface area contributed by atoms with E-state index in [4.69, 9.17) is 4.74 Å². The van der Waals surface area contributed by atoms with E-state index in [-0.39, 0.29) is 30.1 Å². The van der Waals surface area contributed by atoms with E-state index < -0.39 is 0 Å². The molecule has 1 heterocycles. The van der Waals surface area contributed by atoms with Gasteiger partial charge in [0.25, 0.3) is 5.91 Å². The first-order valence-corrected chi connectivity index (χ1v) is 15.5. The number of benzene rings is 3. The van der Waals surface area contributed by atoms with E-state index in [1.54, 1.807) is 13.0 Å². The summed E-state index contributed by atoms with van der Waals surface area (Å²) in [4.78, 5) is 40.7. The summed E-state index contributed by atoms with van der Waals surface area (Å²) in [5.74, 6) is -0.218. The molecule has 0 aliphatic heterocycles. The summed E-state index contributed by atoms with van der Waals surface area (Å²) in [6, 6.07) is 25.3. The third-order valence-electron chi connectivity index (χ3n) is 7.12. The van der Waals surface area contributed by atoms with Gasteiger partial charge in [-0.3, -0.25) is 9.59 Å². The second kappa shape index (κ2) is 13.2. The lowest BCUT2D eigenvalue weighted by Crippen LogP contribution is -2.18. The van der Waals surface area contributed by atoms with Crippen LogP contribution in [0.3, 0.4) is 0 Å². The van der Waals surface area contributed by atoms with E-state index in [0.717, 1.165) is 40.2 Å². The van der Waals surface area contributed by atoms with Crippen molar-refractivity contribution in [2.24, 2.45) is 0 Å². The maximum absolute atomic E-state index is 13.1. The summed E-state index contributed by atoms with van der Waals surface area (Å²) in [6.07, 6.45) is 2.55. The van der Waals surface area contributed by atoms with Crippen LogP contribution in [0.1, 0.15) is 61.5 Å². The van der Waals surface area contributed by atoms with Gasteiger partial charge in [0.1, 0.15) is 5.00 Å². The van der Waals surface area contributed by atoms with E-state index in [1.807, 2.05) is 55.5 Å². The Bertz CT molecular complexity index is 1560. The molecule has 1 atom stereocenters. The second-order valence-corrected chi connectivity index (χ2v) is 12.1. The average molecular weight is 585 g/mol. The molecule has 1 unspecified atom stereocenters. The van der Waals surface area contributed by atoms with Crippen LogP contribution in [-0.2, 0) is 22.4 Å². The van der Waals surface area contributed by atoms with Gasteiger partial charge in [-0.25, -0.2) is 4.79 Å². The highest BCUT2D eigenvalue weighted by molar-refractivity contribution is 8.00. The fourth-order valence-corrected chi connectivity index (χ4v) is 7.19.